The van der Waals surface area contributed by atoms with Gasteiger partial charge >= 0.3 is 0 Å². The summed E-state index contributed by atoms with van der Waals surface area (Å²) in [6, 6.07) is 0. The second-order valence-electron chi connectivity index (χ2n) is 4.78. The van der Waals surface area contributed by atoms with E-state index >= 15 is 0 Å². The Morgan fingerprint density at radius 2 is 2.25 bits per heavy atom. The summed E-state index contributed by atoms with van der Waals surface area (Å²) in [6.07, 6.45) is 3.69. The van der Waals surface area contributed by atoms with Gasteiger partial charge in [0.25, 0.3) is 0 Å². The van der Waals surface area contributed by atoms with E-state index in [-0.39, 0.29) is 0 Å². The molecular formula is C11H20N4O. The summed E-state index contributed by atoms with van der Waals surface area (Å²) < 4.78 is 0. The fraction of sp³-hybridized carbons (Fsp3) is 0.636. The number of aliphatic hydroxyl groups is 1. The molecule has 1 aromatic rings. The maximum absolute atomic E-state index is 10.1. The molecule has 0 aliphatic rings. The molecule has 0 radical (unpaired) electrons. The van der Waals surface area contributed by atoms with Gasteiger partial charge in [-0.05, 0) is 19.3 Å². The van der Waals surface area contributed by atoms with Crippen LogP contribution in [-0.2, 0) is 0 Å². The first-order chi connectivity index (χ1) is 7.41. The van der Waals surface area contributed by atoms with E-state index in [1.807, 2.05) is 0 Å². The normalized spacial score (nSPS) is 14.8. The van der Waals surface area contributed by atoms with Gasteiger partial charge in [-0.25, -0.2) is 9.97 Å². The van der Waals surface area contributed by atoms with Crippen LogP contribution in [0.1, 0.15) is 27.2 Å². The van der Waals surface area contributed by atoms with E-state index in [1.54, 1.807) is 6.92 Å². The second kappa shape index (κ2) is 5.12. The Morgan fingerprint density at radius 1 is 1.56 bits per heavy atom. The summed E-state index contributed by atoms with van der Waals surface area (Å²) in [5.74, 6) is 1.01. The highest BCUT2D eigenvalue weighted by molar-refractivity contribution is 5.58. The molecule has 16 heavy (non-hydrogen) atoms. The fourth-order valence-corrected chi connectivity index (χ4v) is 1.71. The van der Waals surface area contributed by atoms with Crippen LogP contribution >= 0.6 is 0 Å². The third-order valence-electron chi connectivity index (χ3n) is 2.23. The lowest BCUT2D eigenvalue weighted by molar-refractivity contribution is 0.0515. The van der Waals surface area contributed by atoms with Crippen LogP contribution in [0.25, 0.3) is 0 Å². The third kappa shape index (κ3) is 4.02. The first kappa shape index (κ1) is 12.7. The van der Waals surface area contributed by atoms with Crippen LogP contribution in [0.3, 0.4) is 0 Å². The zero-order valence-corrected chi connectivity index (χ0v) is 10.1. The van der Waals surface area contributed by atoms with Gasteiger partial charge < -0.3 is 16.2 Å². The maximum Gasteiger partial charge on any atom is 0.152 e. The Labute approximate surface area is 96.1 Å². The minimum atomic E-state index is -0.758. The molecule has 0 aromatic carbocycles. The van der Waals surface area contributed by atoms with Crippen molar-refractivity contribution in [3.8, 4) is 0 Å². The first-order valence-electron chi connectivity index (χ1n) is 5.42. The molecule has 1 unspecified atom stereocenters. The largest absolute Gasteiger partial charge is 0.394 e. The number of aromatic nitrogens is 2. The molecule has 1 atom stereocenters. The smallest absolute Gasteiger partial charge is 0.152 e. The quantitative estimate of drug-likeness (QED) is 0.701. The minimum Gasteiger partial charge on any atom is -0.394 e. The molecule has 5 nitrogen and oxygen atoms in total. The van der Waals surface area contributed by atoms with Gasteiger partial charge in [0.05, 0.1) is 17.5 Å². The molecule has 0 bridgehead atoms. The molecule has 0 aliphatic carbocycles. The van der Waals surface area contributed by atoms with Crippen molar-refractivity contribution < 1.29 is 5.11 Å². The van der Waals surface area contributed by atoms with E-state index in [2.05, 4.69) is 29.1 Å². The van der Waals surface area contributed by atoms with E-state index in [0.29, 0.717) is 24.0 Å². The van der Waals surface area contributed by atoms with Gasteiger partial charge in [0, 0.05) is 6.54 Å². The number of anilines is 2. The number of hydrogen-bond acceptors (Lipinski definition) is 5. The molecule has 90 valence electrons. The van der Waals surface area contributed by atoms with Crippen LogP contribution in [0, 0.1) is 5.92 Å². The van der Waals surface area contributed by atoms with E-state index in [9.17, 15) is 5.11 Å². The number of nitrogen functional groups attached to an aromatic ring is 1. The van der Waals surface area contributed by atoms with Crippen LogP contribution in [0.2, 0.25) is 0 Å². The van der Waals surface area contributed by atoms with E-state index in [0.717, 1.165) is 6.42 Å². The van der Waals surface area contributed by atoms with Gasteiger partial charge in [0.2, 0.25) is 0 Å². The molecule has 1 aromatic heterocycles. The topological polar surface area (TPSA) is 84.1 Å². The van der Waals surface area contributed by atoms with Crippen molar-refractivity contribution in [2.75, 3.05) is 17.6 Å². The molecule has 0 fully saturated rings. The van der Waals surface area contributed by atoms with Crippen LogP contribution in [-0.4, -0.2) is 27.2 Å². The predicted octanol–water partition coefficient (Wildman–Crippen LogP) is 1.27. The Balaban J connectivity index is 2.54. The third-order valence-corrected chi connectivity index (χ3v) is 2.23. The summed E-state index contributed by atoms with van der Waals surface area (Å²) in [5.41, 5.74) is 5.41. The summed E-state index contributed by atoms with van der Waals surface area (Å²) in [4.78, 5) is 7.80. The predicted molar refractivity (Wildman–Crippen MR) is 65.0 cm³/mol. The molecule has 4 N–H and O–H groups in total. The fourth-order valence-electron chi connectivity index (χ4n) is 1.71. The van der Waals surface area contributed by atoms with Gasteiger partial charge in [-0.1, -0.05) is 13.8 Å². The van der Waals surface area contributed by atoms with E-state index < -0.39 is 5.60 Å². The zero-order valence-electron chi connectivity index (χ0n) is 10.1. The summed E-state index contributed by atoms with van der Waals surface area (Å²) in [5, 5.41) is 13.1. The maximum atomic E-state index is 10.1. The molecule has 5 heteroatoms. The van der Waals surface area contributed by atoms with Crippen LogP contribution in [0.5, 0.6) is 0 Å². The Hall–Kier alpha value is -1.36. The summed E-state index contributed by atoms with van der Waals surface area (Å²) in [6.45, 7) is 6.38. The molecule has 0 spiro atoms. The van der Waals surface area contributed by atoms with Gasteiger partial charge in [0.1, 0.15) is 6.33 Å². The number of nitrogens with zero attached hydrogens (tertiary/aromatic N) is 2. The standard InChI is InChI=1S/C11H20N4O/c1-8(2)4-11(3,16)6-14-10-9(12)5-13-7-15-10/h5,7-8,16H,4,6,12H2,1-3H3,(H,13,14,15). The minimum absolute atomic E-state index is 0.423. The van der Waals surface area contributed by atoms with Crippen LogP contribution in [0.4, 0.5) is 11.5 Å². The number of nitrogens with two attached hydrogens (primary N) is 1. The summed E-state index contributed by atoms with van der Waals surface area (Å²) >= 11 is 0. The van der Waals surface area contributed by atoms with Gasteiger partial charge in [0.15, 0.2) is 5.82 Å². The molecule has 0 saturated carbocycles. The van der Waals surface area contributed by atoms with E-state index in [4.69, 9.17) is 5.73 Å². The number of nitrogens with one attached hydrogen (secondary N) is 1. The molecular weight excluding hydrogens is 204 g/mol. The van der Waals surface area contributed by atoms with Crippen molar-refractivity contribution in [1.82, 2.24) is 9.97 Å². The number of hydrogen-bond donors (Lipinski definition) is 3. The van der Waals surface area contributed by atoms with Crippen molar-refractivity contribution in [2.24, 2.45) is 5.92 Å². The highest BCUT2D eigenvalue weighted by Crippen LogP contribution is 2.18. The average Bonchev–Trinajstić information content (AvgIpc) is 2.14. The Morgan fingerprint density at radius 3 is 2.81 bits per heavy atom. The van der Waals surface area contributed by atoms with Gasteiger partial charge in [-0.3, -0.25) is 0 Å². The van der Waals surface area contributed by atoms with Crippen molar-refractivity contribution in [2.45, 2.75) is 32.8 Å². The Bertz CT molecular complexity index is 339. The van der Waals surface area contributed by atoms with Gasteiger partial charge in [-0.2, -0.15) is 0 Å². The zero-order chi connectivity index (χ0) is 12.2. The highest BCUT2D eigenvalue weighted by atomic mass is 16.3. The first-order valence-corrected chi connectivity index (χ1v) is 5.42. The lowest BCUT2D eigenvalue weighted by atomic mass is 9.94. The monoisotopic (exact) mass is 224 g/mol. The molecule has 0 saturated heterocycles. The Kier molecular flexibility index (Phi) is 4.06. The SMILES string of the molecule is CC(C)CC(C)(O)CNc1ncncc1N. The van der Waals surface area contributed by atoms with Crippen molar-refractivity contribution in [3.63, 3.8) is 0 Å². The summed E-state index contributed by atoms with van der Waals surface area (Å²) in [7, 11) is 0. The lowest BCUT2D eigenvalue weighted by Gasteiger charge is -2.26. The molecule has 0 amide bonds. The van der Waals surface area contributed by atoms with E-state index in [1.165, 1.54) is 12.5 Å². The van der Waals surface area contributed by atoms with Crippen molar-refractivity contribution in [1.29, 1.82) is 0 Å². The van der Waals surface area contributed by atoms with Crippen LogP contribution in [0.15, 0.2) is 12.5 Å². The molecule has 1 heterocycles. The second-order valence-corrected chi connectivity index (χ2v) is 4.78. The van der Waals surface area contributed by atoms with Gasteiger partial charge in [-0.15, -0.1) is 0 Å². The average molecular weight is 224 g/mol. The van der Waals surface area contributed by atoms with Crippen molar-refractivity contribution >= 4 is 11.5 Å². The number of rotatable bonds is 5. The van der Waals surface area contributed by atoms with Crippen molar-refractivity contribution in [3.05, 3.63) is 12.5 Å². The highest BCUT2D eigenvalue weighted by Gasteiger charge is 2.21. The lowest BCUT2D eigenvalue weighted by Crippen LogP contribution is -2.35. The molecule has 0 aliphatic heterocycles. The van der Waals surface area contributed by atoms with Crippen LogP contribution < -0.4 is 11.1 Å². The molecule has 1 rings (SSSR count).